The van der Waals surface area contributed by atoms with Crippen LogP contribution in [-0.4, -0.2) is 23.5 Å². The molecule has 0 spiro atoms. The molecular weight excluding hydrogens is 532 g/mol. The first kappa shape index (κ1) is 28.6. The van der Waals surface area contributed by atoms with Crippen LogP contribution in [0.4, 0.5) is 5.69 Å². The third kappa shape index (κ3) is 6.87. The van der Waals surface area contributed by atoms with E-state index in [2.05, 4.69) is 5.32 Å². The normalized spacial score (nSPS) is 14.8. The number of hydrogen-bond acceptors (Lipinski definition) is 3. The van der Waals surface area contributed by atoms with E-state index in [1.807, 2.05) is 97.1 Å². The van der Waals surface area contributed by atoms with Crippen molar-refractivity contribution in [1.82, 2.24) is 5.32 Å². The molecule has 1 unspecified atom stereocenters. The number of para-hydroxylation sites is 1. The van der Waals surface area contributed by atoms with Gasteiger partial charge in [-0.25, -0.2) is 0 Å². The Balaban J connectivity index is 1.39. The van der Waals surface area contributed by atoms with Crippen molar-refractivity contribution < 1.29 is 14.7 Å². The van der Waals surface area contributed by atoms with E-state index >= 15 is 0 Å². The van der Waals surface area contributed by atoms with E-state index in [9.17, 15) is 14.7 Å². The summed E-state index contributed by atoms with van der Waals surface area (Å²) in [6.45, 7) is 0.191. The van der Waals surface area contributed by atoms with Crippen molar-refractivity contribution in [3.63, 3.8) is 0 Å². The Morgan fingerprint density at radius 3 is 2.05 bits per heavy atom. The van der Waals surface area contributed by atoms with Gasteiger partial charge in [0.15, 0.2) is 0 Å². The van der Waals surface area contributed by atoms with Crippen LogP contribution >= 0.6 is 11.6 Å². The summed E-state index contributed by atoms with van der Waals surface area (Å²) < 4.78 is 0. The molecule has 0 aromatic heterocycles. The van der Waals surface area contributed by atoms with Crippen LogP contribution in [0.3, 0.4) is 0 Å². The van der Waals surface area contributed by atoms with Crippen molar-refractivity contribution in [2.24, 2.45) is 5.92 Å². The molecule has 0 bridgehead atoms. The van der Waals surface area contributed by atoms with Crippen molar-refractivity contribution >= 4 is 29.1 Å². The first-order chi connectivity index (χ1) is 20.0. The predicted molar refractivity (Wildman–Crippen MR) is 164 cm³/mol. The summed E-state index contributed by atoms with van der Waals surface area (Å²) in [4.78, 5) is 29.1. The second kappa shape index (κ2) is 13.6. The lowest BCUT2D eigenvalue weighted by Gasteiger charge is -2.27. The lowest BCUT2D eigenvalue weighted by Crippen LogP contribution is -2.37. The van der Waals surface area contributed by atoms with Gasteiger partial charge in [0, 0.05) is 5.69 Å². The van der Waals surface area contributed by atoms with Crippen molar-refractivity contribution in [2.75, 3.05) is 11.5 Å². The van der Waals surface area contributed by atoms with E-state index in [0.29, 0.717) is 17.1 Å². The van der Waals surface area contributed by atoms with Gasteiger partial charge < -0.3 is 15.3 Å². The molecule has 0 aliphatic heterocycles. The Morgan fingerprint density at radius 1 is 0.805 bits per heavy atom. The number of aliphatic hydroxyl groups is 1. The van der Waals surface area contributed by atoms with Crippen molar-refractivity contribution in [2.45, 2.75) is 44.2 Å². The predicted octanol–water partition coefficient (Wildman–Crippen LogP) is 7.31. The minimum absolute atomic E-state index is 0.0626. The number of carbonyl (C=O) groups excluding carboxylic acids is 2. The maximum absolute atomic E-state index is 13.7. The summed E-state index contributed by atoms with van der Waals surface area (Å²) in [7, 11) is 0. The number of rotatable bonds is 10. The summed E-state index contributed by atoms with van der Waals surface area (Å²) in [5, 5.41) is 13.6. The Bertz CT molecular complexity index is 1440. The molecule has 1 aliphatic rings. The average molecular weight is 567 g/mol. The Kier molecular flexibility index (Phi) is 9.50. The largest absolute Gasteiger partial charge is 0.394 e. The van der Waals surface area contributed by atoms with Gasteiger partial charge in [-0.2, -0.15) is 0 Å². The van der Waals surface area contributed by atoms with Crippen molar-refractivity contribution in [3.8, 4) is 0 Å². The van der Waals surface area contributed by atoms with E-state index in [4.69, 9.17) is 11.6 Å². The van der Waals surface area contributed by atoms with Gasteiger partial charge in [0.25, 0.3) is 5.91 Å². The molecule has 1 fully saturated rings. The molecule has 0 heterocycles. The summed E-state index contributed by atoms with van der Waals surface area (Å²) in [6, 6.07) is 33.8. The third-order valence-corrected chi connectivity index (χ3v) is 8.28. The van der Waals surface area contributed by atoms with Gasteiger partial charge in [0.05, 0.1) is 35.7 Å². The Morgan fingerprint density at radius 2 is 1.41 bits per heavy atom. The number of benzene rings is 4. The topological polar surface area (TPSA) is 69.6 Å². The molecule has 2 atom stereocenters. The van der Waals surface area contributed by atoms with Gasteiger partial charge in [0.1, 0.15) is 0 Å². The van der Waals surface area contributed by atoms with Crippen LogP contribution in [-0.2, 0) is 11.3 Å². The smallest absolute Gasteiger partial charge is 0.260 e. The van der Waals surface area contributed by atoms with Crippen LogP contribution in [0.25, 0.3) is 0 Å². The van der Waals surface area contributed by atoms with E-state index in [1.165, 1.54) is 0 Å². The fraction of sp³-hybridized carbons (Fsp3) is 0.257. The highest BCUT2D eigenvalue weighted by Gasteiger charge is 2.33. The highest BCUT2D eigenvalue weighted by atomic mass is 35.5. The number of hydrogen-bond donors (Lipinski definition) is 2. The number of nitrogens with zero attached hydrogens (tertiary/aromatic N) is 1. The molecule has 2 N–H and O–H groups in total. The summed E-state index contributed by atoms with van der Waals surface area (Å²) in [6.07, 6.45) is 4.24. The molecule has 5 nitrogen and oxygen atoms in total. The molecular formula is C35H35ClN2O3. The van der Waals surface area contributed by atoms with Crippen LogP contribution in [0.15, 0.2) is 109 Å². The highest BCUT2D eigenvalue weighted by molar-refractivity contribution is 6.34. The zero-order valence-electron chi connectivity index (χ0n) is 23.0. The lowest BCUT2D eigenvalue weighted by molar-refractivity contribution is -0.124. The van der Waals surface area contributed by atoms with Crippen LogP contribution in [0, 0.1) is 5.92 Å². The quantitative estimate of drug-likeness (QED) is 0.211. The zero-order valence-corrected chi connectivity index (χ0v) is 23.7. The molecule has 5 rings (SSSR count). The molecule has 2 amide bonds. The monoisotopic (exact) mass is 566 g/mol. The number of nitrogens with one attached hydrogen (secondary N) is 1. The molecule has 0 saturated heterocycles. The molecule has 6 heteroatoms. The minimum atomic E-state index is -0.456. The average Bonchev–Trinajstić information content (AvgIpc) is 3.55. The van der Waals surface area contributed by atoms with Gasteiger partial charge in [-0.05, 0) is 59.7 Å². The third-order valence-electron chi connectivity index (χ3n) is 7.95. The molecule has 4 aromatic carbocycles. The maximum atomic E-state index is 13.7. The highest BCUT2D eigenvalue weighted by Crippen LogP contribution is 2.38. The second-order valence-corrected chi connectivity index (χ2v) is 11.0. The van der Waals surface area contributed by atoms with E-state index in [-0.39, 0.29) is 30.3 Å². The number of anilines is 1. The first-order valence-corrected chi connectivity index (χ1v) is 14.6. The Labute approximate surface area is 246 Å². The fourth-order valence-electron chi connectivity index (χ4n) is 5.79. The molecule has 41 heavy (non-hydrogen) atoms. The van der Waals surface area contributed by atoms with E-state index in [0.717, 1.165) is 48.1 Å². The number of aliphatic hydroxyl groups excluding tert-OH is 1. The van der Waals surface area contributed by atoms with Crippen LogP contribution in [0.2, 0.25) is 5.02 Å². The molecule has 210 valence electrons. The van der Waals surface area contributed by atoms with Crippen LogP contribution in [0.1, 0.15) is 64.7 Å². The first-order valence-electron chi connectivity index (χ1n) is 14.2. The number of amides is 2. The van der Waals surface area contributed by atoms with Gasteiger partial charge in [-0.15, -0.1) is 0 Å². The summed E-state index contributed by atoms with van der Waals surface area (Å²) in [5.74, 6) is -0.296. The van der Waals surface area contributed by atoms with Gasteiger partial charge in [0.2, 0.25) is 5.91 Å². The second-order valence-electron chi connectivity index (χ2n) is 10.6. The lowest BCUT2D eigenvalue weighted by atomic mass is 9.83. The number of carbonyl (C=O) groups is 2. The van der Waals surface area contributed by atoms with Gasteiger partial charge in [-0.3, -0.25) is 9.59 Å². The standard InChI is InChI=1S/C35H35ClN2O3/c36-31-18-10-9-17-30(31)35(41)38(29-15-5-2-6-16-29)23-25-19-21-28(22-20-25)33(27-13-7-8-14-27)34(40)37-32(24-39)26-11-3-1-4-12-26/h1-6,9-12,15-22,27,32-33,39H,7-8,13-14,23-24H2,(H,37,40)/t32-,33?/m1/s1. The molecule has 4 aromatic rings. The minimum Gasteiger partial charge on any atom is -0.394 e. The maximum Gasteiger partial charge on any atom is 0.260 e. The van der Waals surface area contributed by atoms with Crippen LogP contribution < -0.4 is 10.2 Å². The van der Waals surface area contributed by atoms with E-state index < -0.39 is 6.04 Å². The SMILES string of the molecule is O=C(N[C@H](CO)c1ccccc1)C(c1ccc(CN(C(=O)c2ccccc2Cl)c2ccccc2)cc1)C1CCCC1. The molecule has 0 radical (unpaired) electrons. The van der Waals surface area contributed by atoms with Crippen LogP contribution in [0.5, 0.6) is 0 Å². The summed E-state index contributed by atoms with van der Waals surface area (Å²) >= 11 is 6.39. The van der Waals surface area contributed by atoms with Crippen molar-refractivity contribution in [1.29, 1.82) is 0 Å². The van der Waals surface area contributed by atoms with Gasteiger partial charge in [-0.1, -0.05) is 109 Å². The van der Waals surface area contributed by atoms with E-state index in [1.54, 1.807) is 17.0 Å². The summed E-state index contributed by atoms with van der Waals surface area (Å²) in [5.41, 5.74) is 4.01. The Hall–Kier alpha value is -3.93. The zero-order chi connectivity index (χ0) is 28.6. The molecule has 1 saturated carbocycles. The van der Waals surface area contributed by atoms with Crippen molar-refractivity contribution in [3.05, 3.63) is 136 Å². The van der Waals surface area contributed by atoms with Gasteiger partial charge >= 0.3 is 0 Å². The number of halogens is 1. The molecule has 1 aliphatic carbocycles. The fourth-order valence-corrected chi connectivity index (χ4v) is 6.01.